The van der Waals surface area contributed by atoms with Gasteiger partial charge in [-0.15, -0.1) is 0 Å². The van der Waals surface area contributed by atoms with Crippen molar-refractivity contribution in [3.8, 4) is 5.75 Å². The number of methoxy groups -OCH3 is 1. The molecule has 5 nitrogen and oxygen atoms in total. The lowest BCUT2D eigenvalue weighted by molar-refractivity contribution is -0.125. The monoisotopic (exact) mass is 320 g/mol. The van der Waals surface area contributed by atoms with Gasteiger partial charge in [0.15, 0.2) is 0 Å². The molecule has 128 valence electrons. The lowest BCUT2D eigenvalue weighted by Gasteiger charge is -2.29. The molecule has 0 aliphatic heterocycles. The summed E-state index contributed by atoms with van der Waals surface area (Å²) in [7, 11) is 1.57. The van der Waals surface area contributed by atoms with Gasteiger partial charge in [-0.1, -0.05) is 20.8 Å². The summed E-state index contributed by atoms with van der Waals surface area (Å²) in [4.78, 5) is 24.8. The van der Waals surface area contributed by atoms with Gasteiger partial charge in [-0.2, -0.15) is 0 Å². The van der Waals surface area contributed by atoms with E-state index >= 15 is 0 Å². The summed E-state index contributed by atoms with van der Waals surface area (Å²) in [6, 6.07) is 6.23. The van der Waals surface area contributed by atoms with E-state index in [0.29, 0.717) is 11.3 Å². The number of amides is 2. The first-order valence-corrected chi connectivity index (χ1v) is 7.97. The lowest BCUT2D eigenvalue weighted by atomic mass is 9.98. The molecule has 1 rings (SSSR count). The van der Waals surface area contributed by atoms with Crippen LogP contribution in [-0.4, -0.2) is 30.5 Å². The minimum Gasteiger partial charge on any atom is -0.497 e. The van der Waals surface area contributed by atoms with Crippen LogP contribution in [0.2, 0.25) is 0 Å². The minimum atomic E-state index is -0.574. The van der Waals surface area contributed by atoms with Crippen LogP contribution in [-0.2, 0) is 4.79 Å². The number of benzene rings is 1. The van der Waals surface area contributed by atoms with E-state index in [9.17, 15) is 9.59 Å². The zero-order chi connectivity index (χ0) is 17.6. The molecule has 23 heavy (non-hydrogen) atoms. The van der Waals surface area contributed by atoms with Gasteiger partial charge in [0.25, 0.3) is 5.91 Å². The molecule has 1 aromatic carbocycles. The van der Waals surface area contributed by atoms with Crippen LogP contribution in [0.4, 0.5) is 0 Å². The molecular formula is C18H28N2O3. The van der Waals surface area contributed by atoms with Crippen LogP contribution in [0, 0.1) is 5.92 Å². The Morgan fingerprint density at radius 2 is 1.74 bits per heavy atom. The summed E-state index contributed by atoms with van der Waals surface area (Å²) >= 11 is 0. The molecule has 1 atom stereocenters. The fourth-order valence-electron chi connectivity index (χ4n) is 2.00. The van der Waals surface area contributed by atoms with Gasteiger partial charge in [0.05, 0.1) is 7.11 Å². The molecule has 0 saturated carbocycles. The molecule has 0 aliphatic rings. The number of ether oxygens (including phenoxy) is 1. The Morgan fingerprint density at radius 3 is 2.17 bits per heavy atom. The van der Waals surface area contributed by atoms with Gasteiger partial charge in [0, 0.05) is 11.1 Å². The van der Waals surface area contributed by atoms with Crippen LogP contribution in [0.15, 0.2) is 24.3 Å². The van der Waals surface area contributed by atoms with Gasteiger partial charge in [-0.25, -0.2) is 0 Å². The third-order valence-corrected chi connectivity index (χ3v) is 3.93. The van der Waals surface area contributed by atoms with Crippen molar-refractivity contribution in [2.24, 2.45) is 5.92 Å². The fraction of sp³-hybridized carbons (Fsp3) is 0.556. The molecular weight excluding hydrogens is 292 g/mol. The van der Waals surface area contributed by atoms with E-state index in [0.717, 1.165) is 6.42 Å². The molecule has 0 aliphatic carbocycles. The summed E-state index contributed by atoms with van der Waals surface area (Å²) in [5.74, 6) is 0.249. The van der Waals surface area contributed by atoms with Gasteiger partial charge in [0.1, 0.15) is 11.8 Å². The largest absolute Gasteiger partial charge is 0.497 e. The topological polar surface area (TPSA) is 67.4 Å². The smallest absolute Gasteiger partial charge is 0.251 e. The Labute approximate surface area is 138 Å². The van der Waals surface area contributed by atoms with Gasteiger partial charge in [-0.3, -0.25) is 9.59 Å². The highest BCUT2D eigenvalue weighted by Gasteiger charge is 2.28. The Morgan fingerprint density at radius 1 is 1.17 bits per heavy atom. The fourth-order valence-corrected chi connectivity index (χ4v) is 2.00. The second-order valence-corrected chi connectivity index (χ2v) is 6.65. The van der Waals surface area contributed by atoms with Gasteiger partial charge >= 0.3 is 0 Å². The summed E-state index contributed by atoms with van der Waals surface area (Å²) in [5.41, 5.74) is 0.203. The molecule has 0 heterocycles. The molecule has 2 amide bonds. The normalized spacial score (nSPS) is 12.7. The highest BCUT2D eigenvalue weighted by molar-refractivity contribution is 5.97. The maximum atomic E-state index is 12.5. The standard InChI is InChI=1S/C18H28N2O3/c1-7-18(4,5)20-17(22)15(12(2)3)19-16(21)13-8-10-14(23-6)11-9-13/h8-12,15H,7H2,1-6H3,(H,19,21)(H,20,22). The number of hydrogen-bond donors (Lipinski definition) is 2. The maximum Gasteiger partial charge on any atom is 0.251 e. The van der Waals surface area contributed by atoms with Crippen LogP contribution < -0.4 is 15.4 Å². The van der Waals surface area contributed by atoms with Crippen molar-refractivity contribution < 1.29 is 14.3 Å². The third kappa shape index (κ3) is 5.58. The molecule has 0 aromatic heterocycles. The zero-order valence-corrected chi connectivity index (χ0v) is 14.9. The molecule has 0 saturated heterocycles. The second-order valence-electron chi connectivity index (χ2n) is 6.65. The molecule has 0 spiro atoms. The van der Waals surface area contributed by atoms with Crippen LogP contribution in [0.5, 0.6) is 5.75 Å². The van der Waals surface area contributed by atoms with Crippen molar-refractivity contribution in [2.75, 3.05) is 7.11 Å². The van der Waals surface area contributed by atoms with Crippen molar-refractivity contribution in [3.05, 3.63) is 29.8 Å². The van der Waals surface area contributed by atoms with Gasteiger partial charge < -0.3 is 15.4 Å². The molecule has 1 aromatic rings. The molecule has 1 unspecified atom stereocenters. The average Bonchev–Trinajstić information content (AvgIpc) is 2.51. The predicted molar refractivity (Wildman–Crippen MR) is 91.6 cm³/mol. The number of carbonyl (C=O) groups is 2. The van der Waals surface area contributed by atoms with Crippen molar-refractivity contribution in [2.45, 2.75) is 52.6 Å². The van der Waals surface area contributed by atoms with Gasteiger partial charge in [0.2, 0.25) is 5.91 Å². The summed E-state index contributed by atoms with van der Waals surface area (Å²) in [6.45, 7) is 9.77. The molecule has 0 radical (unpaired) electrons. The molecule has 0 fully saturated rings. The van der Waals surface area contributed by atoms with E-state index in [1.807, 2.05) is 34.6 Å². The van der Waals surface area contributed by atoms with Crippen molar-refractivity contribution in [3.63, 3.8) is 0 Å². The van der Waals surface area contributed by atoms with Crippen LogP contribution in [0.25, 0.3) is 0 Å². The number of rotatable bonds is 7. The van der Waals surface area contributed by atoms with E-state index in [4.69, 9.17) is 4.74 Å². The first kappa shape index (κ1) is 19.0. The summed E-state index contributed by atoms with van der Waals surface area (Å²) in [6.07, 6.45) is 0.815. The Balaban J connectivity index is 2.82. The van der Waals surface area contributed by atoms with E-state index < -0.39 is 6.04 Å². The van der Waals surface area contributed by atoms with Crippen molar-refractivity contribution >= 4 is 11.8 Å². The van der Waals surface area contributed by atoms with Crippen molar-refractivity contribution in [1.82, 2.24) is 10.6 Å². The average molecular weight is 320 g/mol. The van der Waals surface area contributed by atoms with E-state index in [1.54, 1.807) is 31.4 Å². The van der Waals surface area contributed by atoms with Crippen LogP contribution >= 0.6 is 0 Å². The van der Waals surface area contributed by atoms with E-state index in [2.05, 4.69) is 10.6 Å². The minimum absolute atomic E-state index is 0.00939. The SMILES string of the molecule is CCC(C)(C)NC(=O)C(NC(=O)c1ccc(OC)cc1)C(C)C. The highest BCUT2D eigenvalue weighted by Crippen LogP contribution is 2.13. The van der Waals surface area contributed by atoms with Crippen molar-refractivity contribution in [1.29, 1.82) is 0 Å². The van der Waals surface area contributed by atoms with E-state index in [1.165, 1.54) is 0 Å². The highest BCUT2D eigenvalue weighted by atomic mass is 16.5. The second kappa shape index (κ2) is 7.99. The quantitative estimate of drug-likeness (QED) is 0.812. The lowest BCUT2D eigenvalue weighted by Crippen LogP contribution is -2.54. The van der Waals surface area contributed by atoms with Crippen LogP contribution in [0.3, 0.4) is 0 Å². The Hall–Kier alpha value is -2.04. The van der Waals surface area contributed by atoms with E-state index in [-0.39, 0.29) is 23.3 Å². The molecule has 0 bridgehead atoms. The molecule has 5 heteroatoms. The Kier molecular flexibility index (Phi) is 6.61. The number of carbonyl (C=O) groups excluding carboxylic acids is 2. The summed E-state index contributed by atoms with van der Waals surface area (Å²) in [5, 5.41) is 5.81. The first-order valence-electron chi connectivity index (χ1n) is 7.97. The Bertz CT molecular complexity index is 536. The maximum absolute atomic E-state index is 12.5. The predicted octanol–water partition coefficient (Wildman–Crippen LogP) is 2.75. The first-order chi connectivity index (χ1) is 10.7. The van der Waals surface area contributed by atoms with Crippen LogP contribution in [0.1, 0.15) is 51.4 Å². The molecule has 2 N–H and O–H groups in total. The number of nitrogens with one attached hydrogen (secondary N) is 2. The van der Waals surface area contributed by atoms with Gasteiger partial charge in [-0.05, 0) is 50.5 Å². The number of hydrogen-bond acceptors (Lipinski definition) is 3. The zero-order valence-electron chi connectivity index (χ0n) is 14.9. The third-order valence-electron chi connectivity index (χ3n) is 3.93. The summed E-state index contributed by atoms with van der Waals surface area (Å²) < 4.78 is 5.08.